The Bertz CT molecular complexity index is 597. The Morgan fingerprint density at radius 2 is 2.05 bits per heavy atom. The lowest BCUT2D eigenvalue weighted by Crippen LogP contribution is -2.08. The van der Waals surface area contributed by atoms with Crippen LogP contribution in [-0.2, 0) is 6.42 Å². The van der Waals surface area contributed by atoms with Crippen molar-refractivity contribution in [2.24, 2.45) is 0 Å². The number of halogens is 1. The molecule has 0 saturated heterocycles. The van der Waals surface area contributed by atoms with Crippen molar-refractivity contribution in [1.82, 2.24) is 10.2 Å². The number of nitrogens with zero attached hydrogens (tertiary/aromatic N) is 2. The molecular formula is C14H13FN2O2. The molecule has 19 heavy (non-hydrogen) atoms. The first-order valence-electron chi connectivity index (χ1n) is 5.76. The molecule has 0 fully saturated rings. The highest BCUT2D eigenvalue weighted by molar-refractivity contribution is 5.95. The average Bonchev–Trinajstić information content (AvgIpc) is 2.43. The number of aryl methyl sites for hydroxylation is 1. The first kappa shape index (κ1) is 13.1. The molecule has 1 heterocycles. The molecule has 0 unspecified atom stereocenters. The minimum atomic E-state index is -0.353. The lowest BCUT2D eigenvalue weighted by Gasteiger charge is -2.05. The molecule has 2 rings (SSSR count). The average molecular weight is 260 g/mol. The van der Waals surface area contributed by atoms with Crippen LogP contribution in [0.3, 0.4) is 0 Å². The van der Waals surface area contributed by atoms with E-state index in [1.807, 2.05) is 6.92 Å². The van der Waals surface area contributed by atoms with Crippen LogP contribution in [0.15, 0.2) is 30.3 Å². The van der Waals surface area contributed by atoms with Crippen LogP contribution in [0.25, 0.3) is 0 Å². The normalized spacial score (nSPS) is 10.3. The summed E-state index contributed by atoms with van der Waals surface area (Å²) < 4.78 is 18.0. The summed E-state index contributed by atoms with van der Waals surface area (Å²) in [6.45, 7) is 1.84. The van der Waals surface area contributed by atoms with Gasteiger partial charge in [0.1, 0.15) is 11.5 Å². The number of benzene rings is 1. The van der Waals surface area contributed by atoms with Crippen LogP contribution in [0.5, 0.6) is 5.88 Å². The van der Waals surface area contributed by atoms with E-state index in [1.54, 1.807) is 18.2 Å². The highest BCUT2D eigenvalue weighted by atomic mass is 19.1. The summed E-state index contributed by atoms with van der Waals surface area (Å²) in [5.41, 5.74) is 1.77. The van der Waals surface area contributed by atoms with Crippen LogP contribution in [0, 0.1) is 12.7 Å². The van der Waals surface area contributed by atoms with Gasteiger partial charge in [-0.2, -0.15) is 0 Å². The van der Waals surface area contributed by atoms with Gasteiger partial charge in [0.2, 0.25) is 5.88 Å². The Hall–Kier alpha value is -2.30. The SMILES string of the molecule is COc1ccc(C(=O)Cc2cc(F)ccc2C)nn1. The molecule has 0 N–H and O–H groups in total. The van der Waals surface area contributed by atoms with Gasteiger partial charge in [0, 0.05) is 12.5 Å². The third-order valence-electron chi connectivity index (χ3n) is 2.80. The number of carbonyl (C=O) groups excluding carboxylic acids is 1. The van der Waals surface area contributed by atoms with Crippen LogP contribution in [0.2, 0.25) is 0 Å². The van der Waals surface area contributed by atoms with Crippen molar-refractivity contribution in [3.63, 3.8) is 0 Å². The molecule has 0 aliphatic rings. The topological polar surface area (TPSA) is 52.1 Å². The molecule has 98 valence electrons. The van der Waals surface area contributed by atoms with E-state index in [0.29, 0.717) is 11.4 Å². The number of ketones is 1. The second kappa shape index (κ2) is 5.56. The van der Waals surface area contributed by atoms with E-state index >= 15 is 0 Å². The number of Topliss-reactive ketones (excluding diaryl/α,β-unsaturated/α-hetero) is 1. The summed E-state index contributed by atoms with van der Waals surface area (Å²) in [6.07, 6.45) is 0.102. The van der Waals surface area contributed by atoms with Crippen molar-refractivity contribution in [1.29, 1.82) is 0 Å². The number of carbonyl (C=O) groups is 1. The van der Waals surface area contributed by atoms with Crippen LogP contribution < -0.4 is 4.74 Å². The van der Waals surface area contributed by atoms with Crippen molar-refractivity contribution in [2.45, 2.75) is 13.3 Å². The molecule has 4 nitrogen and oxygen atoms in total. The Labute approximate surface area is 110 Å². The smallest absolute Gasteiger partial charge is 0.233 e. The highest BCUT2D eigenvalue weighted by Crippen LogP contribution is 2.13. The van der Waals surface area contributed by atoms with E-state index in [9.17, 15) is 9.18 Å². The zero-order valence-electron chi connectivity index (χ0n) is 10.7. The first-order valence-corrected chi connectivity index (χ1v) is 5.76. The minimum Gasteiger partial charge on any atom is -0.480 e. The van der Waals surface area contributed by atoms with Gasteiger partial charge >= 0.3 is 0 Å². The number of aromatic nitrogens is 2. The summed E-state index contributed by atoms with van der Waals surface area (Å²) in [6, 6.07) is 7.50. The van der Waals surface area contributed by atoms with Crippen molar-refractivity contribution >= 4 is 5.78 Å². The highest BCUT2D eigenvalue weighted by Gasteiger charge is 2.11. The van der Waals surface area contributed by atoms with Gasteiger partial charge in [-0.25, -0.2) is 4.39 Å². The predicted molar refractivity (Wildman–Crippen MR) is 67.8 cm³/mol. The molecule has 0 saturated carbocycles. The van der Waals surface area contributed by atoms with Crippen LogP contribution in [0.4, 0.5) is 4.39 Å². The van der Waals surface area contributed by atoms with E-state index in [4.69, 9.17) is 4.74 Å². The number of hydrogen-bond donors (Lipinski definition) is 0. The molecule has 0 aliphatic heterocycles. The first-order chi connectivity index (χ1) is 9.10. The van der Waals surface area contributed by atoms with Gasteiger partial charge in [0.05, 0.1) is 7.11 Å². The van der Waals surface area contributed by atoms with Crippen LogP contribution in [-0.4, -0.2) is 23.1 Å². The van der Waals surface area contributed by atoms with E-state index < -0.39 is 0 Å². The molecule has 0 bridgehead atoms. The Morgan fingerprint density at radius 1 is 1.26 bits per heavy atom. The summed E-state index contributed by atoms with van der Waals surface area (Å²) in [5.74, 6) is -0.212. The zero-order valence-corrected chi connectivity index (χ0v) is 10.7. The quantitative estimate of drug-likeness (QED) is 0.792. The predicted octanol–water partition coefficient (Wildman–Crippen LogP) is 2.36. The van der Waals surface area contributed by atoms with Crippen molar-refractivity contribution < 1.29 is 13.9 Å². The maximum absolute atomic E-state index is 13.1. The molecule has 5 heteroatoms. The van der Waals surface area contributed by atoms with E-state index in [2.05, 4.69) is 10.2 Å². The molecule has 0 radical (unpaired) electrons. The van der Waals surface area contributed by atoms with Gasteiger partial charge in [-0.3, -0.25) is 4.79 Å². The van der Waals surface area contributed by atoms with E-state index in [0.717, 1.165) is 5.56 Å². The molecular weight excluding hydrogens is 247 g/mol. The maximum atomic E-state index is 13.1. The zero-order chi connectivity index (χ0) is 13.8. The number of rotatable bonds is 4. The van der Waals surface area contributed by atoms with Gasteiger partial charge in [-0.1, -0.05) is 6.07 Å². The molecule has 1 aromatic heterocycles. The summed E-state index contributed by atoms with van der Waals surface area (Å²) in [7, 11) is 1.47. The number of ether oxygens (including phenoxy) is 1. The summed E-state index contributed by atoms with van der Waals surface area (Å²) in [4.78, 5) is 12.0. The second-order valence-corrected chi connectivity index (χ2v) is 4.13. The summed E-state index contributed by atoms with van der Waals surface area (Å²) in [5, 5.41) is 7.51. The van der Waals surface area contributed by atoms with Crippen LogP contribution in [0.1, 0.15) is 21.6 Å². The molecule has 0 aliphatic carbocycles. The van der Waals surface area contributed by atoms with Crippen LogP contribution >= 0.6 is 0 Å². The molecule has 2 aromatic rings. The van der Waals surface area contributed by atoms with Gasteiger partial charge in [-0.15, -0.1) is 10.2 Å². The van der Waals surface area contributed by atoms with Gasteiger partial charge < -0.3 is 4.74 Å². The fourth-order valence-corrected chi connectivity index (χ4v) is 1.67. The standard InChI is InChI=1S/C14H13FN2O2/c1-9-3-4-11(15)7-10(9)8-13(18)12-5-6-14(19-2)17-16-12/h3-7H,8H2,1-2H3. The van der Waals surface area contributed by atoms with Gasteiger partial charge in [0.15, 0.2) is 5.78 Å². The van der Waals surface area contributed by atoms with Crippen molar-refractivity contribution in [2.75, 3.05) is 7.11 Å². The monoisotopic (exact) mass is 260 g/mol. The van der Waals surface area contributed by atoms with Crippen molar-refractivity contribution in [3.8, 4) is 5.88 Å². The summed E-state index contributed by atoms with van der Waals surface area (Å²) >= 11 is 0. The number of methoxy groups -OCH3 is 1. The lowest BCUT2D eigenvalue weighted by molar-refractivity contribution is 0.0987. The lowest BCUT2D eigenvalue weighted by atomic mass is 10.0. The Balaban J connectivity index is 2.18. The molecule has 0 atom stereocenters. The fourth-order valence-electron chi connectivity index (χ4n) is 1.67. The molecule has 0 amide bonds. The second-order valence-electron chi connectivity index (χ2n) is 4.13. The van der Waals surface area contributed by atoms with Gasteiger partial charge in [0.25, 0.3) is 0 Å². The number of hydrogen-bond acceptors (Lipinski definition) is 4. The van der Waals surface area contributed by atoms with E-state index in [1.165, 1.54) is 19.2 Å². The maximum Gasteiger partial charge on any atom is 0.233 e. The van der Waals surface area contributed by atoms with Crippen molar-refractivity contribution in [3.05, 3.63) is 53.0 Å². The van der Waals surface area contributed by atoms with E-state index in [-0.39, 0.29) is 23.7 Å². The van der Waals surface area contributed by atoms with Gasteiger partial charge in [-0.05, 0) is 36.2 Å². The third-order valence-corrected chi connectivity index (χ3v) is 2.80. The third kappa shape index (κ3) is 3.13. The fraction of sp³-hybridized carbons (Fsp3) is 0.214. The minimum absolute atomic E-state index is 0.102. The largest absolute Gasteiger partial charge is 0.480 e. The Morgan fingerprint density at radius 3 is 2.68 bits per heavy atom. The molecule has 1 aromatic carbocycles. The Kier molecular flexibility index (Phi) is 3.85. The molecule has 0 spiro atoms.